The average molecular weight is 315 g/mol. The Kier molecular flexibility index (Phi) is 5.02. The molecule has 2 heterocycles. The van der Waals surface area contributed by atoms with Gasteiger partial charge in [0.1, 0.15) is 0 Å². The molecular weight excluding hydrogens is 286 g/mol. The molecule has 2 aliphatic heterocycles. The highest BCUT2D eigenvalue weighted by atomic mass is 16.2. The fourth-order valence-electron chi connectivity index (χ4n) is 4.07. The van der Waals surface area contributed by atoms with E-state index in [0.29, 0.717) is 12.5 Å². The van der Waals surface area contributed by atoms with Crippen LogP contribution in [0.15, 0.2) is 12.1 Å². The third-order valence-corrected chi connectivity index (χ3v) is 5.35. The molecule has 0 aliphatic carbocycles. The molecule has 4 heteroatoms. The van der Waals surface area contributed by atoms with E-state index in [4.69, 9.17) is 0 Å². The molecule has 4 nitrogen and oxygen atoms in total. The van der Waals surface area contributed by atoms with Gasteiger partial charge in [0.15, 0.2) is 0 Å². The van der Waals surface area contributed by atoms with Crippen LogP contribution < -0.4 is 5.32 Å². The number of hydrogen-bond donors (Lipinski definition) is 1. The zero-order chi connectivity index (χ0) is 16.4. The first kappa shape index (κ1) is 16.5. The number of nitrogens with zero attached hydrogens (tertiary/aromatic N) is 2. The molecule has 1 atom stereocenters. The maximum Gasteiger partial charge on any atom is 0.227 e. The minimum absolute atomic E-state index is 0.290. The Morgan fingerprint density at radius 2 is 1.78 bits per heavy atom. The van der Waals surface area contributed by atoms with Crippen LogP contribution in [0.5, 0.6) is 0 Å². The van der Waals surface area contributed by atoms with Crippen LogP contribution in [0, 0.1) is 20.8 Å². The second-order valence-corrected chi connectivity index (χ2v) is 7.12. The van der Waals surface area contributed by atoms with Crippen LogP contribution in [0.3, 0.4) is 0 Å². The highest BCUT2D eigenvalue weighted by molar-refractivity contribution is 5.80. The Morgan fingerprint density at radius 1 is 1.13 bits per heavy atom. The summed E-state index contributed by atoms with van der Waals surface area (Å²) in [7, 11) is 0. The number of carbonyl (C=O) groups excluding carboxylic acids is 1. The van der Waals surface area contributed by atoms with Crippen molar-refractivity contribution in [2.45, 2.75) is 39.7 Å². The smallest absolute Gasteiger partial charge is 0.227 e. The summed E-state index contributed by atoms with van der Waals surface area (Å²) in [6.07, 6.45) is 1.67. The van der Waals surface area contributed by atoms with Gasteiger partial charge in [-0.3, -0.25) is 9.69 Å². The number of hydrogen-bond acceptors (Lipinski definition) is 3. The molecule has 3 rings (SSSR count). The van der Waals surface area contributed by atoms with E-state index in [9.17, 15) is 4.79 Å². The standard InChI is InChI=1S/C19H29N3O/c1-14-10-15(2)18(16(3)11-14)12-19(23)22-7-4-17(13-22)21-8-5-20-6-9-21/h10-11,17,20H,4-9,12-13H2,1-3H3. The van der Waals surface area contributed by atoms with E-state index in [1.165, 1.54) is 22.3 Å². The molecule has 1 aromatic carbocycles. The van der Waals surface area contributed by atoms with E-state index in [1.54, 1.807) is 0 Å². The molecule has 2 fully saturated rings. The summed E-state index contributed by atoms with van der Waals surface area (Å²) in [5.74, 6) is 0.290. The topological polar surface area (TPSA) is 35.6 Å². The first-order valence-corrected chi connectivity index (χ1v) is 8.84. The molecule has 1 aromatic rings. The van der Waals surface area contributed by atoms with Gasteiger partial charge in [0.2, 0.25) is 5.91 Å². The third kappa shape index (κ3) is 3.75. The highest BCUT2D eigenvalue weighted by Crippen LogP contribution is 2.21. The highest BCUT2D eigenvalue weighted by Gasteiger charge is 2.31. The molecule has 0 radical (unpaired) electrons. The van der Waals surface area contributed by atoms with Crippen LogP contribution in [0.1, 0.15) is 28.7 Å². The molecule has 0 saturated carbocycles. The van der Waals surface area contributed by atoms with Gasteiger partial charge < -0.3 is 10.2 Å². The van der Waals surface area contributed by atoms with Gasteiger partial charge in [-0.25, -0.2) is 0 Å². The molecule has 23 heavy (non-hydrogen) atoms. The maximum absolute atomic E-state index is 12.7. The minimum atomic E-state index is 0.290. The molecule has 0 bridgehead atoms. The van der Waals surface area contributed by atoms with Gasteiger partial charge in [-0.2, -0.15) is 0 Å². The van der Waals surface area contributed by atoms with Crippen molar-refractivity contribution in [1.29, 1.82) is 0 Å². The Balaban J connectivity index is 1.61. The van der Waals surface area contributed by atoms with E-state index in [1.807, 2.05) is 0 Å². The van der Waals surface area contributed by atoms with Crippen molar-refractivity contribution in [2.75, 3.05) is 39.3 Å². The number of nitrogens with one attached hydrogen (secondary N) is 1. The second kappa shape index (κ2) is 7.02. The summed E-state index contributed by atoms with van der Waals surface area (Å²) in [6.45, 7) is 12.6. The van der Waals surface area contributed by atoms with Gasteiger partial charge in [-0.15, -0.1) is 0 Å². The third-order valence-electron chi connectivity index (χ3n) is 5.35. The number of likely N-dealkylation sites (tertiary alicyclic amines) is 1. The van der Waals surface area contributed by atoms with E-state index in [0.717, 1.165) is 45.7 Å². The molecule has 0 spiro atoms. The van der Waals surface area contributed by atoms with Crippen molar-refractivity contribution in [3.8, 4) is 0 Å². The zero-order valence-electron chi connectivity index (χ0n) is 14.7. The lowest BCUT2D eigenvalue weighted by Gasteiger charge is -2.32. The first-order chi connectivity index (χ1) is 11.0. The summed E-state index contributed by atoms with van der Waals surface area (Å²) in [6, 6.07) is 4.92. The molecule has 2 saturated heterocycles. The number of piperazine rings is 1. The van der Waals surface area contributed by atoms with E-state index in [2.05, 4.69) is 48.0 Å². The lowest BCUT2D eigenvalue weighted by Crippen LogP contribution is -2.49. The molecule has 1 amide bonds. The summed E-state index contributed by atoms with van der Waals surface area (Å²) >= 11 is 0. The van der Waals surface area contributed by atoms with Crippen molar-refractivity contribution in [1.82, 2.24) is 15.1 Å². The summed E-state index contributed by atoms with van der Waals surface area (Å²) in [5.41, 5.74) is 4.98. The fraction of sp³-hybridized carbons (Fsp3) is 0.632. The van der Waals surface area contributed by atoms with Gasteiger partial charge in [0.05, 0.1) is 6.42 Å². The normalized spacial score (nSPS) is 22.6. The number of benzene rings is 1. The Morgan fingerprint density at radius 3 is 2.43 bits per heavy atom. The fourth-order valence-corrected chi connectivity index (χ4v) is 4.07. The summed E-state index contributed by atoms with van der Waals surface area (Å²) in [5, 5.41) is 3.40. The minimum Gasteiger partial charge on any atom is -0.341 e. The van der Waals surface area contributed by atoms with Gasteiger partial charge in [-0.05, 0) is 43.9 Å². The van der Waals surface area contributed by atoms with Crippen LogP contribution in [0.25, 0.3) is 0 Å². The predicted molar refractivity (Wildman–Crippen MR) is 93.8 cm³/mol. The van der Waals surface area contributed by atoms with Gasteiger partial charge >= 0.3 is 0 Å². The largest absolute Gasteiger partial charge is 0.341 e. The lowest BCUT2D eigenvalue weighted by molar-refractivity contribution is -0.129. The number of aryl methyl sites for hydroxylation is 3. The van der Waals surface area contributed by atoms with E-state index < -0.39 is 0 Å². The molecule has 0 aromatic heterocycles. The number of rotatable bonds is 3. The van der Waals surface area contributed by atoms with Crippen LogP contribution in [0.2, 0.25) is 0 Å². The Hall–Kier alpha value is -1.39. The van der Waals surface area contributed by atoms with Crippen LogP contribution >= 0.6 is 0 Å². The molecule has 126 valence electrons. The van der Waals surface area contributed by atoms with Crippen molar-refractivity contribution in [3.63, 3.8) is 0 Å². The number of carbonyl (C=O) groups is 1. The van der Waals surface area contributed by atoms with Gasteiger partial charge in [0.25, 0.3) is 0 Å². The second-order valence-electron chi connectivity index (χ2n) is 7.12. The average Bonchev–Trinajstić information content (AvgIpc) is 3.01. The van der Waals surface area contributed by atoms with Crippen molar-refractivity contribution >= 4 is 5.91 Å². The molecule has 2 aliphatic rings. The zero-order valence-corrected chi connectivity index (χ0v) is 14.7. The lowest BCUT2D eigenvalue weighted by atomic mass is 9.97. The SMILES string of the molecule is Cc1cc(C)c(CC(=O)N2CCC(N3CCNCC3)C2)c(C)c1. The van der Waals surface area contributed by atoms with E-state index >= 15 is 0 Å². The summed E-state index contributed by atoms with van der Waals surface area (Å²) < 4.78 is 0. The van der Waals surface area contributed by atoms with Crippen molar-refractivity contribution in [2.24, 2.45) is 0 Å². The molecule has 1 unspecified atom stereocenters. The monoisotopic (exact) mass is 315 g/mol. The Bertz CT molecular complexity index is 555. The quantitative estimate of drug-likeness (QED) is 0.921. The van der Waals surface area contributed by atoms with Gasteiger partial charge in [-0.1, -0.05) is 17.7 Å². The van der Waals surface area contributed by atoms with Gasteiger partial charge in [0, 0.05) is 45.3 Å². The molecular formula is C19H29N3O. The van der Waals surface area contributed by atoms with Crippen LogP contribution in [0.4, 0.5) is 0 Å². The summed E-state index contributed by atoms with van der Waals surface area (Å²) in [4.78, 5) is 17.4. The van der Waals surface area contributed by atoms with Crippen molar-refractivity contribution < 1.29 is 4.79 Å². The molecule has 1 N–H and O–H groups in total. The van der Waals surface area contributed by atoms with Crippen LogP contribution in [-0.2, 0) is 11.2 Å². The number of amides is 1. The maximum atomic E-state index is 12.7. The first-order valence-electron chi connectivity index (χ1n) is 8.84. The van der Waals surface area contributed by atoms with Crippen molar-refractivity contribution in [3.05, 3.63) is 34.4 Å². The Labute approximate surface area is 139 Å². The van der Waals surface area contributed by atoms with Crippen LogP contribution in [-0.4, -0.2) is 61.0 Å². The van der Waals surface area contributed by atoms with E-state index in [-0.39, 0.29) is 5.91 Å². The predicted octanol–water partition coefficient (Wildman–Crippen LogP) is 1.66.